The molecule has 1 atom stereocenters. The van der Waals surface area contributed by atoms with Crippen LogP contribution in [-0.4, -0.2) is 40.6 Å². The van der Waals surface area contributed by atoms with Crippen LogP contribution in [0.4, 0.5) is 12.0 Å². The molecular weight excluding hydrogens is 198 g/mol. The van der Waals surface area contributed by atoms with Crippen LogP contribution in [0, 0.1) is 0 Å². The normalized spacial score (nSPS) is 21.8. The fourth-order valence-corrected chi connectivity index (χ4v) is 1.60. The van der Waals surface area contributed by atoms with E-state index in [1.54, 1.807) is 11.9 Å². The van der Waals surface area contributed by atoms with Gasteiger partial charge in [0.2, 0.25) is 5.91 Å². The van der Waals surface area contributed by atoms with Crippen LogP contribution in [0.15, 0.2) is 4.42 Å². The molecule has 0 saturated carbocycles. The summed E-state index contributed by atoms with van der Waals surface area (Å²) >= 11 is 0. The molecule has 1 fully saturated rings. The number of rotatable bonds is 2. The van der Waals surface area contributed by atoms with Crippen LogP contribution in [0.5, 0.6) is 0 Å². The summed E-state index contributed by atoms with van der Waals surface area (Å²) in [4.78, 5) is 12.9. The van der Waals surface area contributed by atoms with Crippen molar-refractivity contribution in [2.75, 3.05) is 24.6 Å². The summed E-state index contributed by atoms with van der Waals surface area (Å²) in [5.74, 6) is 0.165. The van der Waals surface area contributed by atoms with Gasteiger partial charge in [-0.05, 0) is 6.42 Å². The third-order valence-electron chi connectivity index (χ3n) is 2.39. The van der Waals surface area contributed by atoms with Crippen molar-refractivity contribution in [1.82, 2.24) is 15.1 Å². The molecule has 0 radical (unpaired) electrons. The van der Waals surface area contributed by atoms with E-state index in [-0.39, 0.29) is 18.0 Å². The van der Waals surface area contributed by atoms with Gasteiger partial charge < -0.3 is 20.4 Å². The van der Waals surface area contributed by atoms with E-state index < -0.39 is 0 Å². The van der Waals surface area contributed by atoms with E-state index >= 15 is 0 Å². The van der Waals surface area contributed by atoms with Crippen molar-refractivity contribution >= 4 is 17.9 Å². The van der Waals surface area contributed by atoms with Gasteiger partial charge in [0, 0.05) is 26.1 Å². The van der Waals surface area contributed by atoms with Gasteiger partial charge in [-0.3, -0.25) is 4.79 Å². The molecule has 1 aromatic rings. The number of anilines is 2. The molecule has 1 aliphatic heterocycles. The van der Waals surface area contributed by atoms with Crippen molar-refractivity contribution in [2.45, 2.75) is 18.9 Å². The minimum Gasteiger partial charge on any atom is -0.390 e. The Bertz CT molecular complexity index is 364. The number of amides is 1. The van der Waals surface area contributed by atoms with E-state index in [9.17, 15) is 4.79 Å². The molecule has 0 bridgehead atoms. The summed E-state index contributed by atoms with van der Waals surface area (Å²) in [7, 11) is 1.78. The molecule has 7 nitrogen and oxygen atoms in total. The monoisotopic (exact) mass is 211 g/mol. The zero-order valence-electron chi connectivity index (χ0n) is 8.43. The van der Waals surface area contributed by atoms with E-state index in [1.165, 1.54) is 0 Å². The fraction of sp³-hybridized carbons (Fsp3) is 0.625. The van der Waals surface area contributed by atoms with Gasteiger partial charge in [0.1, 0.15) is 0 Å². The molecule has 0 aromatic carbocycles. The van der Waals surface area contributed by atoms with Crippen LogP contribution in [0.3, 0.4) is 0 Å². The van der Waals surface area contributed by atoms with Gasteiger partial charge in [0.25, 0.3) is 0 Å². The Morgan fingerprint density at radius 1 is 1.60 bits per heavy atom. The molecule has 3 N–H and O–H groups in total. The van der Waals surface area contributed by atoms with Crippen LogP contribution < -0.4 is 11.1 Å². The zero-order valence-corrected chi connectivity index (χ0v) is 8.43. The molecule has 0 aliphatic carbocycles. The zero-order chi connectivity index (χ0) is 10.8. The molecule has 82 valence electrons. The summed E-state index contributed by atoms with van der Waals surface area (Å²) in [5, 5.41) is 10.3. The van der Waals surface area contributed by atoms with E-state index in [0.29, 0.717) is 19.0 Å². The number of likely N-dealkylation sites (tertiary alicyclic amines) is 1. The van der Waals surface area contributed by atoms with Crippen molar-refractivity contribution in [3.05, 3.63) is 0 Å². The quantitative estimate of drug-likeness (QED) is 0.696. The Morgan fingerprint density at radius 3 is 3.00 bits per heavy atom. The standard InChI is InChI=1S/C8H13N5O2/c1-13-4-5(2-3-6(13)14)10-8-12-11-7(9)15-8/h5H,2-4H2,1H3,(H2,9,11)(H,10,12). The number of nitrogens with two attached hydrogens (primary N) is 1. The number of hydrogen-bond donors (Lipinski definition) is 2. The summed E-state index contributed by atoms with van der Waals surface area (Å²) in [5.41, 5.74) is 5.29. The maximum Gasteiger partial charge on any atom is 0.317 e. The van der Waals surface area contributed by atoms with E-state index in [0.717, 1.165) is 6.42 Å². The second kappa shape index (κ2) is 3.76. The summed E-state index contributed by atoms with van der Waals surface area (Å²) in [6, 6.07) is 0.491. The summed E-state index contributed by atoms with van der Waals surface area (Å²) < 4.78 is 4.99. The maximum absolute atomic E-state index is 11.2. The van der Waals surface area contributed by atoms with E-state index in [2.05, 4.69) is 15.5 Å². The minimum atomic E-state index is 0.0396. The van der Waals surface area contributed by atoms with Crippen molar-refractivity contribution in [3.8, 4) is 0 Å². The molecule has 7 heteroatoms. The highest BCUT2D eigenvalue weighted by Gasteiger charge is 2.23. The van der Waals surface area contributed by atoms with Gasteiger partial charge in [0.15, 0.2) is 0 Å². The van der Waals surface area contributed by atoms with E-state index in [1.807, 2.05) is 0 Å². The Labute approximate surface area is 86.6 Å². The molecule has 2 rings (SSSR count). The number of hydrogen-bond acceptors (Lipinski definition) is 6. The number of likely N-dealkylation sites (N-methyl/N-ethyl adjacent to an activating group) is 1. The molecule has 1 unspecified atom stereocenters. The van der Waals surface area contributed by atoms with Gasteiger partial charge in [-0.2, -0.15) is 0 Å². The summed E-state index contributed by atoms with van der Waals surface area (Å²) in [6.45, 7) is 0.640. The first kappa shape index (κ1) is 9.75. The van der Waals surface area contributed by atoms with Gasteiger partial charge in [0.05, 0.1) is 0 Å². The van der Waals surface area contributed by atoms with Crippen molar-refractivity contribution < 1.29 is 9.21 Å². The first-order chi connectivity index (χ1) is 7.15. The number of nitrogens with one attached hydrogen (secondary N) is 1. The number of carbonyl (C=O) groups is 1. The van der Waals surface area contributed by atoms with Crippen LogP contribution in [0.1, 0.15) is 12.8 Å². The SMILES string of the molecule is CN1CC(Nc2nnc(N)o2)CCC1=O. The van der Waals surface area contributed by atoms with Gasteiger partial charge in [-0.1, -0.05) is 10.2 Å². The van der Waals surface area contributed by atoms with Crippen LogP contribution >= 0.6 is 0 Å². The van der Waals surface area contributed by atoms with Gasteiger partial charge >= 0.3 is 12.0 Å². The lowest BCUT2D eigenvalue weighted by Gasteiger charge is -2.29. The van der Waals surface area contributed by atoms with Crippen molar-refractivity contribution in [1.29, 1.82) is 0 Å². The highest BCUT2D eigenvalue weighted by molar-refractivity contribution is 5.76. The highest BCUT2D eigenvalue weighted by Crippen LogP contribution is 2.15. The molecular formula is C8H13N5O2. The first-order valence-corrected chi connectivity index (χ1v) is 4.74. The molecule has 1 aromatic heterocycles. The maximum atomic E-state index is 11.2. The molecule has 15 heavy (non-hydrogen) atoms. The predicted octanol–water partition coefficient (Wildman–Crippen LogP) is -0.316. The molecule has 1 saturated heterocycles. The average Bonchev–Trinajstić information content (AvgIpc) is 2.58. The Balaban J connectivity index is 1.93. The average molecular weight is 211 g/mol. The Hall–Kier alpha value is -1.79. The second-order valence-electron chi connectivity index (χ2n) is 3.60. The van der Waals surface area contributed by atoms with Crippen molar-refractivity contribution in [2.24, 2.45) is 0 Å². The largest absolute Gasteiger partial charge is 0.390 e. The Kier molecular flexibility index (Phi) is 2.44. The number of nitrogens with zero attached hydrogens (tertiary/aromatic N) is 3. The predicted molar refractivity (Wildman–Crippen MR) is 53.0 cm³/mol. The molecule has 0 spiro atoms. The lowest BCUT2D eigenvalue weighted by atomic mass is 10.1. The van der Waals surface area contributed by atoms with Gasteiger partial charge in [-0.25, -0.2) is 0 Å². The Morgan fingerprint density at radius 2 is 2.40 bits per heavy atom. The first-order valence-electron chi connectivity index (χ1n) is 4.74. The fourth-order valence-electron chi connectivity index (χ4n) is 1.60. The van der Waals surface area contributed by atoms with E-state index in [4.69, 9.17) is 10.2 Å². The third-order valence-corrected chi connectivity index (χ3v) is 2.39. The lowest BCUT2D eigenvalue weighted by molar-refractivity contribution is -0.132. The second-order valence-corrected chi connectivity index (χ2v) is 3.60. The molecule has 2 heterocycles. The lowest BCUT2D eigenvalue weighted by Crippen LogP contribution is -2.43. The van der Waals surface area contributed by atoms with Crippen LogP contribution in [-0.2, 0) is 4.79 Å². The minimum absolute atomic E-state index is 0.0396. The van der Waals surface area contributed by atoms with Crippen LogP contribution in [0.25, 0.3) is 0 Å². The third kappa shape index (κ3) is 2.17. The van der Waals surface area contributed by atoms with Crippen LogP contribution in [0.2, 0.25) is 0 Å². The number of carbonyl (C=O) groups excluding carboxylic acids is 1. The van der Waals surface area contributed by atoms with Gasteiger partial charge in [-0.15, -0.1) is 0 Å². The number of nitrogen functional groups attached to an aromatic ring is 1. The smallest absolute Gasteiger partial charge is 0.317 e. The topological polar surface area (TPSA) is 97.3 Å². The molecule has 1 aliphatic rings. The molecule has 1 amide bonds. The summed E-state index contributed by atoms with van der Waals surface area (Å²) in [6.07, 6.45) is 1.31. The number of aromatic nitrogens is 2. The van der Waals surface area contributed by atoms with Crippen molar-refractivity contribution in [3.63, 3.8) is 0 Å². The number of piperidine rings is 1. The highest BCUT2D eigenvalue weighted by atomic mass is 16.4.